The Labute approximate surface area is 108 Å². The van der Waals surface area contributed by atoms with Crippen LogP contribution in [0, 0.1) is 23.7 Å². The van der Waals surface area contributed by atoms with Crippen molar-refractivity contribution in [2.75, 3.05) is 0 Å². The van der Waals surface area contributed by atoms with Crippen molar-refractivity contribution in [2.24, 2.45) is 23.7 Å². The van der Waals surface area contributed by atoms with Crippen LogP contribution in [0.1, 0.15) is 43.6 Å². The average Bonchev–Trinajstić information content (AvgIpc) is 2.30. The van der Waals surface area contributed by atoms with Crippen molar-refractivity contribution in [1.82, 2.24) is 0 Å². The first kappa shape index (κ1) is 10.4. The second-order valence-electron chi connectivity index (χ2n) is 6.51. The van der Waals surface area contributed by atoms with Gasteiger partial charge in [-0.05, 0) is 79.4 Å². The lowest BCUT2D eigenvalue weighted by Crippen LogP contribution is -2.43. The molecule has 4 saturated carbocycles. The van der Waals surface area contributed by atoms with E-state index in [9.17, 15) is 0 Å². The van der Waals surface area contributed by atoms with Crippen LogP contribution in [0.3, 0.4) is 0 Å². The number of hydrogen-bond acceptors (Lipinski definition) is 0. The monoisotopic (exact) mass is 246 g/mol. The van der Waals surface area contributed by atoms with E-state index in [0.717, 1.165) is 34.6 Å². The molecular weight excluding hydrogens is 228 g/mol. The maximum atomic E-state index is 6.00. The fourth-order valence-electron chi connectivity index (χ4n) is 5.15. The molecule has 0 aliphatic heterocycles. The highest BCUT2D eigenvalue weighted by Gasteiger charge is 2.48. The Morgan fingerprint density at radius 3 is 1.82 bits per heavy atom. The summed E-state index contributed by atoms with van der Waals surface area (Å²) in [5, 5.41) is 0.873. The van der Waals surface area contributed by atoms with Gasteiger partial charge in [0.05, 0.1) is 0 Å². The van der Waals surface area contributed by atoms with Crippen molar-refractivity contribution in [3.63, 3.8) is 0 Å². The molecule has 0 heterocycles. The van der Waals surface area contributed by atoms with Crippen LogP contribution in [0.4, 0.5) is 0 Å². The number of benzene rings is 1. The zero-order valence-electron chi connectivity index (χ0n) is 10.1. The fraction of sp³-hybridized carbons (Fsp3) is 0.625. The molecule has 0 spiro atoms. The molecule has 0 aromatic heterocycles. The van der Waals surface area contributed by atoms with Crippen LogP contribution >= 0.6 is 11.6 Å². The zero-order valence-corrected chi connectivity index (χ0v) is 10.9. The third-order valence-electron chi connectivity index (χ3n) is 5.48. The largest absolute Gasteiger partial charge is 0.0843 e. The summed E-state index contributed by atoms with van der Waals surface area (Å²) in [6.45, 7) is 0. The van der Waals surface area contributed by atoms with Crippen molar-refractivity contribution < 1.29 is 0 Å². The molecule has 1 aromatic carbocycles. The summed E-state index contributed by atoms with van der Waals surface area (Å²) in [6.07, 6.45) is 7.54. The van der Waals surface area contributed by atoms with Crippen molar-refractivity contribution in [1.29, 1.82) is 0 Å². The molecule has 5 rings (SSSR count). The number of hydrogen-bond donors (Lipinski definition) is 0. The van der Waals surface area contributed by atoms with Crippen molar-refractivity contribution in [3.8, 4) is 0 Å². The minimum Gasteiger partial charge on any atom is -0.0843 e. The zero-order chi connectivity index (χ0) is 11.4. The normalized spacial score (nSPS) is 43.0. The summed E-state index contributed by atoms with van der Waals surface area (Å²) in [6, 6.07) is 8.69. The molecule has 4 aliphatic rings. The van der Waals surface area contributed by atoms with Crippen LogP contribution in [0.15, 0.2) is 24.3 Å². The Hall–Kier alpha value is -0.490. The molecule has 4 bridgehead atoms. The van der Waals surface area contributed by atoms with E-state index < -0.39 is 0 Å². The lowest BCUT2D eigenvalue weighted by molar-refractivity contribution is -0.00277. The molecule has 17 heavy (non-hydrogen) atoms. The highest BCUT2D eigenvalue weighted by atomic mass is 35.5. The standard InChI is InChI=1S/C16H19Cl/c17-15-3-1-12(2-4-15)16-13-6-10-5-11(8-13)9-14(16)7-10/h1-4,10-11,13-14,16H,5-9H2. The van der Waals surface area contributed by atoms with E-state index in [1.807, 2.05) is 0 Å². The highest BCUT2D eigenvalue weighted by molar-refractivity contribution is 6.30. The topological polar surface area (TPSA) is 0 Å². The molecule has 4 aliphatic carbocycles. The fourth-order valence-corrected chi connectivity index (χ4v) is 5.28. The van der Waals surface area contributed by atoms with Crippen molar-refractivity contribution >= 4 is 11.6 Å². The molecule has 1 heteroatoms. The van der Waals surface area contributed by atoms with Gasteiger partial charge < -0.3 is 0 Å². The summed E-state index contributed by atoms with van der Waals surface area (Å²) in [5.74, 6) is 4.95. The Morgan fingerprint density at radius 2 is 1.29 bits per heavy atom. The van der Waals surface area contributed by atoms with Crippen molar-refractivity contribution in [3.05, 3.63) is 34.9 Å². The molecular formula is C16H19Cl. The Kier molecular flexibility index (Phi) is 2.30. The molecule has 0 nitrogen and oxygen atoms in total. The van der Waals surface area contributed by atoms with Crippen molar-refractivity contribution in [2.45, 2.75) is 38.0 Å². The first-order valence-corrected chi connectivity index (χ1v) is 7.43. The average molecular weight is 247 g/mol. The van der Waals surface area contributed by atoms with E-state index in [1.54, 1.807) is 12.0 Å². The summed E-state index contributed by atoms with van der Waals surface area (Å²) in [7, 11) is 0. The van der Waals surface area contributed by atoms with Crippen LogP contribution in [-0.2, 0) is 0 Å². The summed E-state index contributed by atoms with van der Waals surface area (Å²) in [5.41, 5.74) is 1.56. The lowest BCUT2D eigenvalue weighted by Gasteiger charge is -2.54. The van der Waals surface area contributed by atoms with E-state index in [-0.39, 0.29) is 0 Å². The van der Waals surface area contributed by atoms with Gasteiger partial charge in [-0.25, -0.2) is 0 Å². The second kappa shape index (κ2) is 3.75. The van der Waals surface area contributed by atoms with Gasteiger partial charge in [0.1, 0.15) is 0 Å². The van der Waals surface area contributed by atoms with E-state index in [0.29, 0.717) is 0 Å². The van der Waals surface area contributed by atoms with Gasteiger partial charge in [0, 0.05) is 5.02 Å². The Bertz CT molecular complexity index is 392. The Balaban J connectivity index is 1.68. The van der Waals surface area contributed by atoms with E-state index in [2.05, 4.69) is 24.3 Å². The number of rotatable bonds is 1. The molecule has 0 saturated heterocycles. The van der Waals surface area contributed by atoms with Gasteiger partial charge in [0.15, 0.2) is 0 Å². The van der Waals surface area contributed by atoms with Gasteiger partial charge in [0.25, 0.3) is 0 Å². The highest BCUT2D eigenvalue weighted by Crippen LogP contribution is 2.59. The third kappa shape index (κ3) is 1.64. The summed E-state index contributed by atoms with van der Waals surface area (Å²) in [4.78, 5) is 0. The quantitative estimate of drug-likeness (QED) is 0.663. The van der Waals surface area contributed by atoms with Gasteiger partial charge in [0.2, 0.25) is 0 Å². The van der Waals surface area contributed by atoms with Crippen LogP contribution in [-0.4, -0.2) is 0 Å². The van der Waals surface area contributed by atoms with Gasteiger partial charge in [-0.15, -0.1) is 0 Å². The van der Waals surface area contributed by atoms with E-state index in [4.69, 9.17) is 11.6 Å². The predicted molar refractivity (Wildman–Crippen MR) is 71.2 cm³/mol. The van der Waals surface area contributed by atoms with E-state index in [1.165, 1.54) is 25.7 Å². The van der Waals surface area contributed by atoms with Crippen LogP contribution in [0.2, 0.25) is 5.02 Å². The van der Waals surface area contributed by atoms with Crippen LogP contribution in [0.5, 0.6) is 0 Å². The molecule has 0 N–H and O–H groups in total. The third-order valence-corrected chi connectivity index (χ3v) is 5.73. The number of halogens is 1. The molecule has 90 valence electrons. The van der Waals surface area contributed by atoms with Gasteiger partial charge in [-0.2, -0.15) is 0 Å². The van der Waals surface area contributed by atoms with Gasteiger partial charge in [-0.3, -0.25) is 0 Å². The lowest BCUT2D eigenvalue weighted by atomic mass is 9.51. The van der Waals surface area contributed by atoms with Gasteiger partial charge in [-0.1, -0.05) is 23.7 Å². The maximum absolute atomic E-state index is 6.00. The SMILES string of the molecule is Clc1ccc(C2C3CC4CC(C3)CC2C4)cc1. The first-order chi connectivity index (χ1) is 8.29. The predicted octanol–water partition coefficient (Wildman–Crippen LogP) is 4.88. The minimum absolute atomic E-state index is 0.847. The summed E-state index contributed by atoms with van der Waals surface area (Å²) >= 11 is 6.00. The van der Waals surface area contributed by atoms with Gasteiger partial charge >= 0.3 is 0 Å². The molecule has 4 fully saturated rings. The maximum Gasteiger partial charge on any atom is 0.0406 e. The minimum atomic E-state index is 0.847. The molecule has 1 aromatic rings. The summed E-state index contributed by atoms with van der Waals surface area (Å²) < 4.78 is 0. The van der Waals surface area contributed by atoms with E-state index >= 15 is 0 Å². The first-order valence-electron chi connectivity index (χ1n) is 7.05. The van der Waals surface area contributed by atoms with Crippen LogP contribution < -0.4 is 0 Å². The second-order valence-corrected chi connectivity index (χ2v) is 6.94. The molecule has 0 atom stereocenters. The molecule has 0 amide bonds. The molecule has 0 unspecified atom stereocenters. The smallest absolute Gasteiger partial charge is 0.0406 e. The Morgan fingerprint density at radius 1 is 0.765 bits per heavy atom. The van der Waals surface area contributed by atoms with Crippen LogP contribution in [0.25, 0.3) is 0 Å². The molecule has 0 radical (unpaired) electrons.